The highest BCUT2D eigenvalue weighted by Gasteiger charge is 2.07. The first-order valence-electron chi connectivity index (χ1n) is 6.19. The minimum absolute atomic E-state index is 0.825. The molecule has 0 spiro atoms. The number of nitrogens with zero attached hydrogens (tertiary/aromatic N) is 1. The molecule has 0 unspecified atom stereocenters. The first-order valence-corrected chi connectivity index (χ1v) is 7.86. The van der Waals surface area contributed by atoms with E-state index in [1.807, 2.05) is 6.20 Å². The molecule has 0 saturated carbocycles. The second-order valence-electron chi connectivity index (χ2n) is 4.11. The van der Waals surface area contributed by atoms with Crippen molar-refractivity contribution in [2.75, 3.05) is 13.1 Å². The lowest BCUT2D eigenvalue weighted by molar-refractivity contribution is 0.492. The van der Waals surface area contributed by atoms with Crippen molar-refractivity contribution in [1.29, 1.82) is 0 Å². The lowest BCUT2D eigenvalue weighted by atomic mass is 10.3. The van der Waals surface area contributed by atoms with Crippen LogP contribution in [0.1, 0.15) is 25.7 Å². The van der Waals surface area contributed by atoms with Crippen LogP contribution in [0.5, 0.6) is 0 Å². The first-order chi connectivity index (χ1) is 8.79. The largest absolute Gasteiger partial charge is 0.441 e. The zero-order valence-electron chi connectivity index (χ0n) is 10.4. The Morgan fingerprint density at radius 1 is 1.44 bits per heavy atom. The first kappa shape index (κ1) is 13.8. The van der Waals surface area contributed by atoms with E-state index in [2.05, 4.69) is 44.6 Å². The van der Waals surface area contributed by atoms with Gasteiger partial charge in [-0.25, -0.2) is 4.98 Å². The number of hydrogen-bond acceptors (Lipinski definition) is 4. The molecule has 0 aliphatic carbocycles. The summed E-state index contributed by atoms with van der Waals surface area (Å²) >= 11 is 5.10. The highest BCUT2D eigenvalue weighted by atomic mass is 79.9. The van der Waals surface area contributed by atoms with Crippen molar-refractivity contribution in [3.63, 3.8) is 0 Å². The topological polar surface area (TPSA) is 38.1 Å². The van der Waals surface area contributed by atoms with Crippen molar-refractivity contribution in [3.05, 3.63) is 27.3 Å². The number of aromatic nitrogens is 1. The van der Waals surface area contributed by atoms with Gasteiger partial charge < -0.3 is 9.73 Å². The molecule has 0 aliphatic rings. The summed E-state index contributed by atoms with van der Waals surface area (Å²) < 4.78 is 6.85. The van der Waals surface area contributed by atoms with Gasteiger partial charge in [-0.15, -0.1) is 11.3 Å². The number of rotatable bonds is 7. The summed E-state index contributed by atoms with van der Waals surface area (Å²) in [6.45, 7) is 4.28. The summed E-state index contributed by atoms with van der Waals surface area (Å²) in [7, 11) is 0. The van der Waals surface area contributed by atoms with Crippen LogP contribution >= 0.6 is 27.3 Å². The number of hydrogen-bond donors (Lipinski definition) is 1. The molecule has 98 valence electrons. The number of aryl methyl sites for hydroxylation is 1. The third kappa shape index (κ3) is 3.93. The van der Waals surface area contributed by atoms with E-state index in [9.17, 15) is 0 Å². The van der Waals surface area contributed by atoms with E-state index in [0.717, 1.165) is 46.9 Å². The summed E-state index contributed by atoms with van der Waals surface area (Å²) in [6, 6.07) is 2.05. The monoisotopic (exact) mass is 328 g/mol. The molecular weight excluding hydrogens is 312 g/mol. The van der Waals surface area contributed by atoms with Crippen LogP contribution in [-0.2, 0) is 6.42 Å². The van der Waals surface area contributed by atoms with Crippen LogP contribution in [0.25, 0.3) is 11.3 Å². The molecule has 5 heteroatoms. The van der Waals surface area contributed by atoms with Crippen LogP contribution in [0.4, 0.5) is 0 Å². The molecule has 1 N–H and O–H groups in total. The predicted molar refractivity (Wildman–Crippen MR) is 79.0 cm³/mol. The van der Waals surface area contributed by atoms with Gasteiger partial charge in [-0.3, -0.25) is 0 Å². The van der Waals surface area contributed by atoms with Crippen molar-refractivity contribution in [3.8, 4) is 11.3 Å². The fourth-order valence-electron chi connectivity index (χ4n) is 1.66. The predicted octanol–water partition coefficient (Wildman–Crippen LogP) is 4.10. The molecular formula is C13H17BrN2OS. The van der Waals surface area contributed by atoms with Gasteiger partial charge in [-0.2, -0.15) is 0 Å². The van der Waals surface area contributed by atoms with Gasteiger partial charge in [0, 0.05) is 17.4 Å². The molecule has 0 radical (unpaired) electrons. The lowest BCUT2D eigenvalue weighted by Gasteiger charge is -2.00. The smallest absolute Gasteiger partial charge is 0.194 e. The van der Waals surface area contributed by atoms with Gasteiger partial charge >= 0.3 is 0 Å². The van der Waals surface area contributed by atoms with Crippen molar-refractivity contribution < 1.29 is 4.42 Å². The molecule has 2 heterocycles. The maximum atomic E-state index is 5.74. The minimum Gasteiger partial charge on any atom is -0.441 e. The fourth-order valence-corrected chi connectivity index (χ4v) is 2.81. The summed E-state index contributed by atoms with van der Waals surface area (Å²) in [6.07, 6.45) is 4.94. The van der Waals surface area contributed by atoms with E-state index in [0.29, 0.717) is 0 Å². The molecule has 18 heavy (non-hydrogen) atoms. The number of oxazole rings is 1. The number of thiophene rings is 1. The van der Waals surface area contributed by atoms with Crippen LogP contribution in [0, 0.1) is 0 Å². The van der Waals surface area contributed by atoms with Crippen molar-refractivity contribution in [2.24, 2.45) is 0 Å². The van der Waals surface area contributed by atoms with E-state index in [4.69, 9.17) is 4.42 Å². The van der Waals surface area contributed by atoms with E-state index in [1.54, 1.807) is 11.3 Å². The van der Waals surface area contributed by atoms with Gasteiger partial charge in [-0.05, 0) is 47.9 Å². The molecule has 2 aromatic rings. The second kappa shape index (κ2) is 7.07. The Morgan fingerprint density at radius 3 is 3.06 bits per heavy atom. The van der Waals surface area contributed by atoms with Crippen LogP contribution < -0.4 is 5.32 Å². The molecule has 2 aromatic heterocycles. The van der Waals surface area contributed by atoms with Gasteiger partial charge in [0.15, 0.2) is 11.7 Å². The quantitative estimate of drug-likeness (QED) is 0.777. The average Bonchev–Trinajstić information content (AvgIpc) is 2.97. The summed E-state index contributed by atoms with van der Waals surface area (Å²) in [5, 5.41) is 5.44. The van der Waals surface area contributed by atoms with Gasteiger partial charge in [0.1, 0.15) is 0 Å². The Hall–Kier alpha value is -0.650. The maximum Gasteiger partial charge on any atom is 0.194 e. The van der Waals surface area contributed by atoms with Crippen LogP contribution in [0.3, 0.4) is 0 Å². The molecule has 0 bridgehead atoms. The Kier molecular flexibility index (Phi) is 5.41. The molecule has 0 atom stereocenters. The third-order valence-corrected chi connectivity index (χ3v) is 4.08. The SMILES string of the molecule is CCCNCCCc1ncc(-c2csc(Br)c2)o1. The number of nitrogens with one attached hydrogen (secondary N) is 1. The third-order valence-electron chi connectivity index (χ3n) is 2.58. The van der Waals surface area contributed by atoms with Crippen molar-refractivity contribution >= 4 is 27.3 Å². The van der Waals surface area contributed by atoms with Crippen molar-refractivity contribution in [1.82, 2.24) is 10.3 Å². The zero-order chi connectivity index (χ0) is 12.8. The van der Waals surface area contributed by atoms with Crippen LogP contribution in [0.15, 0.2) is 25.8 Å². The molecule has 0 fully saturated rings. The second-order valence-corrected chi connectivity index (χ2v) is 6.40. The summed E-state index contributed by atoms with van der Waals surface area (Å²) in [5.41, 5.74) is 1.09. The van der Waals surface area contributed by atoms with E-state index in [-0.39, 0.29) is 0 Å². The van der Waals surface area contributed by atoms with Gasteiger partial charge in [0.05, 0.1) is 9.98 Å². The average molecular weight is 329 g/mol. The Bertz CT molecular complexity index is 481. The fraction of sp³-hybridized carbons (Fsp3) is 0.462. The van der Waals surface area contributed by atoms with Crippen LogP contribution in [-0.4, -0.2) is 18.1 Å². The molecule has 2 rings (SSSR count). The van der Waals surface area contributed by atoms with Crippen molar-refractivity contribution in [2.45, 2.75) is 26.2 Å². The minimum atomic E-state index is 0.825. The summed E-state index contributed by atoms with van der Waals surface area (Å²) in [5.74, 6) is 1.68. The highest BCUT2D eigenvalue weighted by molar-refractivity contribution is 9.11. The summed E-state index contributed by atoms with van der Waals surface area (Å²) in [4.78, 5) is 4.31. The number of halogens is 1. The normalized spacial score (nSPS) is 11.0. The van der Waals surface area contributed by atoms with E-state index in [1.165, 1.54) is 6.42 Å². The molecule has 0 aromatic carbocycles. The molecule has 3 nitrogen and oxygen atoms in total. The Labute approximate surface area is 120 Å². The standard InChI is InChI=1S/C13H17BrN2OS/c1-2-5-15-6-3-4-13-16-8-11(17-13)10-7-12(14)18-9-10/h7-9,15H,2-6H2,1H3. The molecule has 0 aliphatic heterocycles. The van der Waals surface area contributed by atoms with E-state index >= 15 is 0 Å². The van der Waals surface area contributed by atoms with E-state index < -0.39 is 0 Å². The molecule has 0 saturated heterocycles. The van der Waals surface area contributed by atoms with Gasteiger partial charge in [-0.1, -0.05) is 6.92 Å². The molecule has 0 amide bonds. The van der Waals surface area contributed by atoms with Gasteiger partial charge in [0.2, 0.25) is 0 Å². The zero-order valence-corrected chi connectivity index (χ0v) is 12.8. The Balaban J connectivity index is 1.83. The Morgan fingerprint density at radius 2 is 2.33 bits per heavy atom. The van der Waals surface area contributed by atoms with Crippen LogP contribution in [0.2, 0.25) is 0 Å². The lowest BCUT2D eigenvalue weighted by Crippen LogP contribution is -2.16. The highest BCUT2D eigenvalue weighted by Crippen LogP contribution is 2.29. The maximum absolute atomic E-state index is 5.74. The van der Waals surface area contributed by atoms with Gasteiger partial charge in [0.25, 0.3) is 0 Å².